The van der Waals surface area contributed by atoms with Crippen molar-refractivity contribution in [2.75, 3.05) is 5.73 Å². The van der Waals surface area contributed by atoms with Crippen molar-refractivity contribution in [3.05, 3.63) is 28.7 Å². The molecule has 1 aliphatic rings. The van der Waals surface area contributed by atoms with Gasteiger partial charge in [-0.25, -0.2) is 4.79 Å². The summed E-state index contributed by atoms with van der Waals surface area (Å²) in [5, 5.41) is 0. The SMILES string of the molecule is Nc1ccc2c(c1)oc(=O)n2CCC1CC1. The summed E-state index contributed by atoms with van der Waals surface area (Å²) in [4.78, 5) is 11.6. The van der Waals surface area contributed by atoms with E-state index in [1.54, 1.807) is 16.7 Å². The summed E-state index contributed by atoms with van der Waals surface area (Å²) in [6.45, 7) is 0.750. The molecular weight excluding hydrogens is 204 g/mol. The van der Waals surface area contributed by atoms with E-state index in [1.807, 2.05) is 6.07 Å². The molecule has 0 bridgehead atoms. The molecule has 3 rings (SSSR count). The fourth-order valence-electron chi connectivity index (χ4n) is 2.01. The molecule has 4 nitrogen and oxygen atoms in total. The van der Waals surface area contributed by atoms with E-state index in [2.05, 4.69) is 0 Å². The minimum Gasteiger partial charge on any atom is -0.408 e. The quantitative estimate of drug-likeness (QED) is 0.801. The van der Waals surface area contributed by atoms with Gasteiger partial charge in [0.25, 0.3) is 0 Å². The van der Waals surface area contributed by atoms with Gasteiger partial charge in [0.2, 0.25) is 0 Å². The third-order valence-corrected chi connectivity index (χ3v) is 3.15. The van der Waals surface area contributed by atoms with Crippen LogP contribution in [0.2, 0.25) is 0 Å². The zero-order chi connectivity index (χ0) is 11.1. The van der Waals surface area contributed by atoms with Crippen molar-refractivity contribution in [2.24, 2.45) is 5.92 Å². The maximum absolute atomic E-state index is 11.6. The number of nitrogens with two attached hydrogens (primary N) is 1. The van der Waals surface area contributed by atoms with Crippen LogP contribution in [0.5, 0.6) is 0 Å². The summed E-state index contributed by atoms with van der Waals surface area (Å²) in [7, 11) is 0. The average Bonchev–Trinajstić information content (AvgIpc) is 3.00. The van der Waals surface area contributed by atoms with Crippen molar-refractivity contribution in [3.8, 4) is 0 Å². The van der Waals surface area contributed by atoms with Gasteiger partial charge in [-0.1, -0.05) is 12.8 Å². The third kappa shape index (κ3) is 1.60. The van der Waals surface area contributed by atoms with Crippen LogP contribution in [0.25, 0.3) is 11.1 Å². The molecule has 0 amide bonds. The third-order valence-electron chi connectivity index (χ3n) is 3.15. The summed E-state index contributed by atoms with van der Waals surface area (Å²) >= 11 is 0. The highest BCUT2D eigenvalue weighted by molar-refractivity contribution is 5.76. The molecule has 1 saturated carbocycles. The maximum atomic E-state index is 11.6. The molecule has 0 saturated heterocycles. The summed E-state index contributed by atoms with van der Waals surface area (Å²) in [5.41, 5.74) is 7.70. The Kier molecular flexibility index (Phi) is 2.02. The predicted molar refractivity (Wildman–Crippen MR) is 62.2 cm³/mol. The second-order valence-corrected chi connectivity index (χ2v) is 4.48. The molecule has 0 spiro atoms. The number of aromatic nitrogens is 1. The number of aryl methyl sites for hydroxylation is 1. The Morgan fingerprint density at radius 3 is 3.00 bits per heavy atom. The first-order valence-electron chi connectivity index (χ1n) is 5.63. The molecule has 1 fully saturated rings. The Morgan fingerprint density at radius 1 is 1.44 bits per heavy atom. The summed E-state index contributed by atoms with van der Waals surface area (Å²) < 4.78 is 6.86. The smallest absolute Gasteiger partial charge is 0.408 e. The number of rotatable bonds is 3. The first-order chi connectivity index (χ1) is 7.74. The van der Waals surface area contributed by atoms with Crippen molar-refractivity contribution in [1.29, 1.82) is 0 Å². The van der Waals surface area contributed by atoms with Gasteiger partial charge in [0, 0.05) is 18.3 Å². The first kappa shape index (κ1) is 9.51. The van der Waals surface area contributed by atoms with Gasteiger partial charge in [-0.05, 0) is 24.5 Å². The standard InChI is InChI=1S/C12H14N2O2/c13-9-3-4-10-11(7-9)16-12(15)14(10)6-5-8-1-2-8/h3-4,7-8H,1-2,5-6,13H2. The van der Waals surface area contributed by atoms with Crippen LogP contribution in [-0.4, -0.2) is 4.57 Å². The number of benzene rings is 1. The number of nitrogen functional groups attached to an aromatic ring is 1. The number of hydrogen-bond donors (Lipinski definition) is 1. The zero-order valence-electron chi connectivity index (χ0n) is 8.98. The normalized spacial score (nSPS) is 15.8. The van der Waals surface area contributed by atoms with Gasteiger partial charge in [0.1, 0.15) is 0 Å². The van der Waals surface area contributed by atoms with Crippen molar-refractivity contribution in [2.45, 2.75) is 25.8 Å². The van der Waals surface area contributed by atoms with Gasteiger partial charge in [-0.15, -0.1) is 0 Å². The molecule has 0 radical (unpaired) electrons. The predicted octanol–water partition coefficient (Wildman–Crippen LogP) is 1.98. The largest absolute Gasteiger partial charge is 0.419 e. The van der Waals surface area contributed by atoms with Crippen LogP contribution in [0.15, 0.2) is 27.4 Å². The van der Waals surface area contributed by atoms with E-state index in [-0.39, 0.29) is 5.76 Å². The molecule has 1 aromatic heterocycles. The maximum Gasteiger partial charge on any atom is 0.419 e. The summed E-state index contributed by atoms with van der Waals surface area (Å²) in [6, 6.07) is 5.34. The topological polar surface area (TPSA) is 61.2 Å². The number of nitrogens with zero attached hydrogens (tertiary/aromatic N) is 1. The second kappa shape index (κ2) is 3.40. The number of fused-ring (bicyclic) bond motifs is 1. The second-order valence-electron chi connectivity index (χ2n) is 4.48. The molecule has 2 aromatic rings. The van der Waals surface area contributed by atoms with E-state index in [1.165, 1.54) is 12.8 Å². The molecule has 1 heterocycles. The van der Waals surface area contributed by atoms with Crippen LogP contribution in [0.4, 0.5) is 5.69 Å². The Bertz CT molecular complexity index is 578. The molecule has 0 unspecified atom stereocenters. The minimum atomic E-state index is -0.277. The molecule has 2 N–H and O–H groups in total. The van der Waals surface area contributed by atoms with Crippen LogP contribution in [0.3, 0.4) is 0 Å². The van der Waals surface area contributed by atoms with Gasteiger partial charge in [-0.3, -0.25) is 4.57 Å². The van der Waals surface area contributed by atoms with Crippen molar-refractivity contribution < 1.29 is 4.42 Å². The van der Waals surface area contributed by atoms with E-state index in [0.717, 1.165) is 24.4 Å². The molecule has 0 aliphatic heterocycles. The molecular formula is C12H14N2O2. The number of hydrogen-bond acceptors (Lipinski definition) is 3. The Morgan fingerprint density at radius 2 is 2.25 bits per heavy atom. The van der Waals surface area contributed by atoms with Gasteiger partial charge < -0.3 is 10.2 Å². The highest BCUT2D eigenvalue weighted by atomic mass is 16.4. The summed E-state index contributed by atoms with van der Waals surface area (Å²) in [5.74, 6) is 0.534. The van der Waals surface area contributed by atoms with Gasteiger partial charge >= 0.3 is 5.76 Å². The molecule has 16 heavy (non-hydrogen) atoms. The molecule has 0 atom stereocenters. The summed E-state index contributed by atoms with van der Waals surface area (Å²) in [6.07, 6.45) is 3.67. The highest BCUT2D eigenvalue weighted by Crippen LogP contribution is 2.33. The van der Waals surface area contributed by atoms with Crippen molar-refractivity contribution in [3.63, 3.8) is 0 Å². The average molecular weight is 218 g/mol. The van der Waals surface area contributed by atoms with E-state index < -0.39 is 0 Å². The monoisotopic (exact) mass is 218 g/mol. The van der Waals surface area contributed by atoms with Gasteiger partial charge in [0.15, 0.2) is 5.58 Å². The lowest BCUT2D eigenvalue weighted by molar-refractivity contribution is 0.489. The van der Waals surface area contributed by atoms with E-state index in [4.69, 9.17) is 10.2 Å². The van der Waals surface area contributed by atoms with E-state index in [9.17, 15) is 4.79 Å². The lowest BCUT2D eigenvalue weighted by atomic mass is 10.2. The Balaban J connectivity index is 2.01. The number of oxazole rings is 1. The van der Waals surface area contributed by atoms with Crippen LogP contribution < -0.4 is 11.5 Å². The minimum absolute atomic E-state index is 0.277. The highest BCUT2D eigenvalue weighted by Gasteiger charge is 2.21. The zero-order valence-corrected chi connectivity index (χ0v) is 8.98. The van der Waals surface area contributed by atoms with Crippen LogP contribution in [0.1, 0.15) is 19.3 Å². The lowest BCUT2D eigenvalue weighted by Crippen LogP contribution is -2.14. The van der Waals surface area contributed by atoms with Gasteiger partial charge in [0.05, 0.1) is 5.52 Å². The Labute approximate surface area is 92.7 Å². The molecule has 4 heteroatoms. The molecule has 84 valence electrons. The van der Waals surface area contributed by atoms with Crippen molar-refractivity contribution >= 4 is 16.8 Å². The van der Waals surface area contributed by atoms with Crippen LogP contribution in [0, 0.1) is 5.92 Å². The van der Waals surface area contributed by atoms with Gasteiger partial charge in [-0.2, -0.15) is 0 Å². The van der Waals surface area contributed by atoms with E-state index >= 15 is 0 Å². The van der Waals surface area contributed by atoms with E-state index in [0.29, 0.717) is 11.3 Å². The molecule has 1 aromatic carbocycles. The first-order valence-corrected chi connectivity index (χ1v) is 5.63. The van der Waals surface area contributed by atoms with Crippen LogP contribution >= 0.6 is 0 Å². The van der Waals surface area contributed by atoms with Crippen LogP contribution in [-0.2, 0) is 6.54 Å². The lowest BCUT2D eigenvalue weighted by Gasteiger charge is -2.00. The Hall–Kier alpha value is -1.71. The van der Waals surface area contributed by atoms with Crippen molar-refractivity contribution in [1.82, 2.24) is 4.57 Å². The fraction of sp³-hybridized carbons (Fsp3) is 0.417. The molecule has 1 aliphatic carbocycles. The number of anilines is 1. The fourth-order valence-corrected chi connectivity index (χ4v) is 2.01.